The Bertz CT molecular complexity index is 527. The number of hydrogen-bond acceptors (Lipinski definition) is 3. The van der Waals surface area contributed by atoms with Gasteiger partial charge in [0, 0.05) is 43.8 Å². The number of para-hydroxylation sites is 1. The molecule has 0 radical (unpaired) electrons. The van der Waals surface area contributed by atoms with Gasteiger partial charge in [0.2, 0.25) is 0 Å². The fourth-order valence-corrected chi connectivity index (χ4v) is 3.21. The number of ether oxygens (including phenoxy) is 1. The molecule has 3 rings (SSSR count). The van der Waals surface area contributed by atoms with Gasteiger partial charge >= 0.3 is 0 Å². The van der Waals surface area contributed by atoms with E-state index in [4.69, 9.17) is 4.74 Å². The van der Waals surface area contributed by atoms with E-state index in [9.17, 15) is 0 Å². The summed E-state index contributed by atoms with van der Waals surface area (Å²) < 4.78 is 5.31. The number of nitrogens with one attached hydrogen (secondary N) is 2. The largest absolute Gasteiger partial charge is 0.380 e. The summed E-state index contributed by atoms with van der Waals surface area (Å²) in [6.45, 7) is 6.97. The number of benzene rings is 1. The second kappa shape index (κ2) is 7.21. The molecule has 2 aliphatic heterocycles. The molecule has 1 unspecified atom stereocenters. The maximum atomic E-state index is 5.31. The van der Waals surface area contributed by atoms with Crippen LogP contribution in [0.2, 0.25) is 0 Å². The van der Waals surface area contributed by atoms with Gasteiger partial charge in [0.25, 0.3) is 0 Å². The van der Waals surface area contributed by atoms with Crippen LogP contribution in [0.3, 0.4) is 0 Å². The van der Waals surface area contributed by atoms with Crippen molar-refractivity contribution < 1.29 is 4.74 Å². The Balaban J connectivity index is 1.51. The Kier molecular flexibility index (Phi) is 5.06. The SMILES string of the molecule is CN=C(NCC1(C)COC1)NC1CCCN(c2ccccc2)C1. The van der Waals surface area contributed by atoms with Crippen molar-refractivity contribution in [2.24, 2.45) is 10.4 Å². The van der Waals surface area contributed by atoms with Gasteiger partial charge in [0.1, 0.15) is 0 Å². The van der Waals surface area contributed by atoms with Crippen molar-refractivity contribution in [3.05, 3.63) is 30.3 Å². The van der Waals surface area contributed by atoms with Gasteiger partial charge in [-0.25, -0.2) is 0 Å². The smallest absolute Gasteiger partial charge is 0.191 e. The van der Waals surface area contributed by atoms with Crippen LogP contribution in [0, 0.1) is 5.41 Å². The number of anilines is 1. The van der Waals surface area contributed by atoms with Gasteiger partial charge in [-0.15, -0.1) is 0 Å². The number of nitrogens with zero attached hydrogens (tertiary/aromatic N) is 2. The molecule has 1 aromatic carbocycles. The molecule has 2 N–H and O–H groups in total. The molecule has 126 valence electrons. The summed E-state index contributed by atoms with van der Waals surface area (Å²) in [6.07, 6.45) is 2.39. The summed E-state index contributed by atoms with van der Waals surface area (Å²) in [5, 5.41) is 7.04. The minimum absolute atomic E-state index is 0.250. The lowest BCUT2D eigenvalue weighted by Crippen LogP contribution is -2.55. The van der Waals surface area contributed by atoms with Crippen molar-refractivity contribution in [2.75, 3.05) is 44.8 Å². The van der Waals surface area contributed by atoms with Gasteiger partial charge < -0.3 is 20.3 Å². The van der Waals surface area contributed by atoms with Crippen LogP contribution in [-0.4, -0.2) is 51.9 Å². The van der Waals surface area contributed by atoms with Crippen molar-refractivity contribution >= 4 is 11.6 Å². The number of rotatable bonds is 4. The minimum Gasteiger partial charge on any atom is -0.380 e. The lowest BCUT2D eigenvalue weighted by molar-refractivity contribution is -0.0971. The molecule has 0 amide bonds. The van der Waals surface area contributed by atoms with Crippen LogP contribution in [0.4, 0.5) is 5.69 Å². The van der Waals surface area contributed by atoms with E-state index in [2.05, 4.69) is 57.8 Å². The fraction of sp³-hybridized carbons (Fsp3) is 0.611. The Morgan fingerprint density at radius 3 is 2.78 bits per heavy atom. The predicted octanol–water partition coefficient (Wildman–Crippen LogP) is 1.86. The predicted molar refractivity (Wildman–Crippen MR) is 95.1 cm³/mol. The monoisotopic (exact) mass is 316 g/mol. The van der Waals surface area contributed by atoms with Crippen molar-refractivity contribution in [2.45, 2.75) is 25.8 Å². The average Bonchev–Trinajstić information content (AvgIpc) is 2.58. The molecule has 0 aliphatic carbocycles. The molecule has 2 aliphatic rings. The van der Waals surface area contributed by atoms with Gasteiger partial charge in [-0.2, -0.15) is 0 Å². The lowest BCUT2D eigenvalue weighted by atomic mass is 9.89. The molecule has 2 heterocycles. The molecule has 2 fully saturated rings. The highest BCUT2D eigenvalue weighted by Crippen LogP contribution is 2.25. The molecule has 5 heteroatoms. The zero-order valence-corrected chi connectivity index (χ0v) is 14.2. The molecule has 1 atom stereocenters. The molecule has 0 aromatic heterocycles. The third kappa shape index (κ3) is 4.16. The Morgan fingerprint density at radius 1 is 1.35 bits per heavy atom. The maximum absolute atomic E-state index is 5.31. The summed E-state index contributed by atoms with van der Waals surface area (Å²) in [6, 6.07) is 11.1. The Hall–Kier alpha value is -1.75. The van der Waals surface area contributed by atoms with Gasteiger partial charge in [0.05, 0.1) is 13.2 Å². The molecule has 2 saturated heterocycles. The zero-order valence-electron chi connectivity index (χ0n) is 14.2. The van der Waals surface area contributed by atoms with Crippen LogP contribution in [-0.2, 0) is 4.74 Å². The number of aliphatic imine (C=N–C) groups is 1. The van der Waals surface area contributed by atoms with Gasteiger partial charge in [-0.05, 0) is 25.0 Å². The van der Waals surface area contributed by atoms with Crippen LogP contribution in [0.15, 0.2) is 35.3 Å². The lowest BCUT2D eigenvalue weighted by Gasteiger charge is -2.39. The third-order valence-corrected chi connectivity index (χ3v) is 4.69. The van der Waals surface area contributed by atoms with Crippen LogP contribution in [0.25, 0.3) is 0 Å². The molecule has 0 saturated carbocycles. The normalized spacial score (nSPS) is 24.0. The topological polar surface area (TPSA) is 48.9 Å². The van der Waals surface area contributed by atoms with Crippen LogP contribution in [0.1, 0.15) is 19.8 Å². The fourth-order valence-electron chi connectivity index (χ4n) is 3.21. The van der Waals surface area contributed by atoms with Crippen LogP contribution < -0.4 is 15.5 Å². The molecule has 1 aromatic rings. The van der Waals surface area contributed by atoms with Crippen LogP contribution >= 0.6 is 0 Å². The summed E-state index contributed by atoms with van der Waals surface area (Å²) >= 11 is 0. The van der Waals surface area contributed by atoms with Crippen molar-refractivity contribution in [3.63, 3.8) is 0 Å². The average molecular weight is 316 g/mol. The molecule has 5 nitrogen and oxygen atoms in total. The first kappa shape index (κ1) is 16.1. The van der Waals surface area contributed by atoms with E-state index in [1.165, 1.54) is 18.5 Å². The Labute approximate surface area is 139 Å². The van der Waals surface area contributed by atoms with E-state index in [-0.39, 0.29) is 5.41 Å². The van der Waals surface area contributed by atoms with Crippen molar-refractivity contribution in [1.29, 1.82) is 0 Å². The maximum Gasteiger partial charge on any atom is 0.191 e. The zero-order chi connectivity index (χ0) is 16.1. The van der Waals surface area contributed by atoms with Gasteiger partial charge in [-0.3, -0.25) is 4.99 Å². The quantitative estimate of drug-likeness (QED) is 0.657. The molecule has 23 heavy (non-hydrogen) atoms. The van der Waals surface area contributed by atoms with E-state index >= 15 is 0 Å². The van der Waals surface area contributed by atoms with Crippen molar-refractivity contribution in [1.82, 2.24) is 10.6 Å². The van der Waals surface area contributed by atoms with E-state index in [0.29, 0.717) is 6.04 Å². The number of piperidine rings is 1. The molecular formula is C18H28N4O. The number of guanidine groups is 1. The first-order valence-corrected chi connectivity index (χ1v) is 8.53. The van der Waals surface area contributed by atoms with E-state index < -0.39 is 0 Å². The highest BCUT2D eigenvalue weighted by Gasteiger charge is 2.33. The van der Waals surface area contributed by atoms with Gasteiger partial charge in [0.15, 0.2) is 5.96 Å². The second-order valence-electron chi connectivity index (χ2n) is 6.99. The summed E-state index contributed by atoms with van der Waals surface area (Å²) in [4.78, 5) is 6.83. The van der Waals surface area contributed by atoms with Crippen LogP contribution in [0.5, 0.6) is 0 Å². The third-order valence-electron chi connectivity index (χ3n) is 4.69. The highest BCUT2D eigenvalue weighted by molar-refractivity contribution is 5.80. The Morgan fingerprint density at radius 2 is 2.13 bits per heavy atom. The summed E-state index contributed by atoms with van der Waals surface area (Å²) in [5.74, 6) is 0.901. The highest BCUT2D eigenvalue weighted by atomic mass is 16.5. The summed E-state index contributed by atoms with van der Waals surface area (Å²) in [5.41, 5.74) is 1.56. The van der Waals surface area contributed by atoms with Gasteiger partial charge in [-0.1, -0.05) is 25.1 Å². The second-order valence-corrected chi connectivity index (χ2v) is 6.99. The minimum atomic E-state index is 0.250. The van der Waals surface area contributed by atoms with E-state index in [1.807, 2.05) is 7.05 Å². The summed E-state index contributed by atoms with van der Waals surface area (Å²) in [7, 11) is 1.84. The van der Waals surface area contributed by atoms with Crippen molar-refractivity contribution in [3.8, 4) is 0 Å². The first-order chi connectivity index (χ1) is 11.2. The molecule has 0 spiro atoms. The molecule has 0 bridgehead atoms. The standard InChI is InChI=1S/C18H28N4O/c1-18(13-23-14-18)12-20-17(19-2)21-15-7-6-10-22(11-15)16-8-4-3-5-9-16/h3-5,8-9,15H,6-7,10-14H2,1-2H3,(H2,19,20,21). The van der Waals surface area contributed by atoms with E-state index in [1.54, 1.807) is 0 Å². The first-order valence-electron chi connectivity index (χ1n) is 8.53. The molecular weight excluding hydrogens is 288 g/mol. The van der Waals surface area contributed by atoms with E-state index in [0.717, 1.165) is 38.8 Å². The number of hydrogen-bond donors (Lipinski definition) is 2.